The summed E-state index contributed by atoms with van der Waals surface area (Å²) in [6, 6.07) is 7.34. The van der Waals surface area contributed by atoms with E-state index in [0.29, 0.717) is 11.6 Å². The second-order valence-electron chi connectivity index (χ2n) is 6.22. The molecule has 0 bridgehead atoms. The Morgan fingerprint density at radius 1 is 1.30 bits per heavy atom. The van der Waals surface area contributed by atoms with Gasteiger partial charge in [-0.05, 0) is 26.3 Å². The summed E-state index contributed by atoms with van der Waals surface area (Å²) in [5.41, 5.74) is 3.02. The first-order valence-corrected chi connectivity index (χ1v) is 9.24. The number of aliphatic hydroxyl groups excluding tert-OH is 1. The zero-order valence-electron chi connectivity index (χ0n) is 15.3. The number of rotatable bonds is 6. The van der Waals surface area contributed by atoms with Crippen molar-refractivity contribution in [2.24, 2.45) is 0 Å². The van der Waals surface area contributed by atoms with Gasteiger partial charge >= 0.3 is 12.2 Å². The van der Waals surface area contributed by atoms with Crippen LogP contribution in [-0.2, 0) is 6.42 Å². The lowest BCUT2D eigenvalue weighted by atomic mass is 10.1. The van der Waals surface area contributed by atoms with Crippen LogP contribution < -0.4 is 5.32 Å². The lowest BCUT2D eigenvalue weighted by Gasteiger charge is -2.24. The monoisotopic (exact) mass is 401 g/mol. The number of aromatic nitrogens is 1. The van der Waals surface area contributed by atoms with Crippen molar-refractivity contribution < 1.29 is 23.1 Å². The van der Waals surface area contributed by atoms with E-state index in [0.717, 1.165) is 26.6 Å². The molecule has 0 aliphatic rings. The third-order valence-electron chi connectivity index (χ3n) is 4.03. The van der Waals surface area contributed by atoms with Gasteiger partial charge in [0.2, 0.25) is 0 Å². The maximum atomic E-state index is 12.5. The van der Waals surface area contributed by atoms with Crippen LogP contribution in [0.1, 0.15) is 28.6 Å². The Morgan fingerprint density at radius 3 is 2.48 bits per heavy atom. The molecule has 5 nitrogen and oxygen atoms in total. The second kappa shape index (κ2) is 8.71. The van der Waals surface area contributed by atoms with Crippen LogP contribution in [0.25, 0.3) is 0 Å². The Bertz CT molecular complexity index is 775. The lowest BCUT2D eigenvalue weighted by molar-refractivity contribution is -0.206. The van der Waals surface area contributed by atoms with Gasteiger partial charge in [-0.3, -0.25) is 5.32 Å². The molecule has 2 amide bonds. The topological polar surface area (TPSA) is 65.5 Å². The smallest absolute Gasteiger partial charge is 0.382 e. The first-order chi connectivity index (χ1) is 12.6. The largest absolute Gasteiger partial charge is 0.416 e. The van der Waals surface area contributed by atoms with Gasteiger partial charge < -0.3 is 10.0 Å². The molecule has 1 atom stereocenters. The van der Waals surface area contributed by atoms with Crippen molar-refractivity contribution in [1.29, 1.82) is 0 Å². The van der Waals surface area contributed by atoms with E-state index in [1.54, 1.807) is 6.92 Å². The predicted octanol–water partition coefficient (Wildman–Crippen LogP) is 4.13. The molecule has 0 saturated heterocycles. The number of aliphatic hydroxyl groups is 1. The second-order valence-corrected chi connectivity index (χ2v) is 7.30. The van der Waals surface area contributed by atoms with Crippen molar-refractivity contribution >= 4 is 22.5 Å². The van der Waals surface area contributed by atoms with Gasteiger partial charge in [0.15, 0.2) is 11.2 Å². The molecule has 0 aliphatic heterocycles. The molecule has 1 aromatic heterocycles. The van der Waals surface area contributed by atoms with Crippen molar-refractivity contribution in [2.45, 2.75) is 39.5 Å². The number of urea groups is 1. The molecule has 2 N–H and O–H groups in total. The number of carbonyl (C=O) groups excluding carboxylic acids is 1. The number of anilines is 1. The van der Waals surface area contributed by atoms with Gasteiger partial charge in [-0.25, -0.2) is 9.78 Å². The fourth-order valence-corrected chi connectivity index (χ4v) is 3.36. The first kappa shape index (κ1) is 21.2. The highest BCUT2D eigenvalue weighted by Crippen LogP contribution is 2.26. The van der Waals surface area contributed by atoms with Gasteiger partial charge in [0, 0.05) is 17.8 Å². The number of nitrogens with zero attached hydrogens (tertiary/aromatic N) is 2. The average Bonchev–Trinajstić information content (AvgIpc) is 2.92. The summed E-state index contributed by atoms with van der Waals surface area (Å²) in [4.78, 5) is 18.4. The van der Waals surface area contributed by atoms with Gasteiger partial charge in [0.05, 0.1) is 12.2 Å². The maximum Gasteiger partial charge on any atom is 0.416 e. The van der Waals surface area contributed by atoms with Crippen molar-refractivity contribution in [3.63, 3.8) is 0 Å². The standard InChI is InChI=1S/C18H22F3N3O2S/c1-4-24(10-15(25)18(19,20)21)17(26)23-16-22-12(3)14(27-16)9-13-7-5-11(2)6-8-13/h5-8,15,25H,4,9-10H2,1-3H3,(H,22,23,26). The summed E-state index contributed by atoms with van der Waals surface area (Å²) in [6.45, 7) is 4.57. The molecular weight excluding hydrogens is 379 g/mol. The quantitative estimate of drug-likeness (QED) is 0.765. The number of amides is 2. The highest BCUT2D eigenvalue weighted by atomic mass is 32.1. The van der Waals surface area contributed by atoms with Gasteiger partial charge in [0.1, 0.15) is 0 Å². The predicted molar refractivity (Wildman–Crippen MR) is 99.2 cm³/mol. The summed E-state index contributed by atoms with van der Waals surface area (Å²) in [7, 11) is 0. The number of likely N-dealkylation sites (N-methyl/N-ethyl adjacent to an activating group) is 1. The van der Waals surface area contributed by atoms with Crippen molar-refractivity contribution in [3.8, 4) is 0 Å². The molecule has 148 valence electrons. The molecule has 0 saturated carbocycles. The molecule has 0 radical (unpaired) electrons. The average molecular weight is 401 g/mol. The SMILES string of the molecule is CCN(CC(O)C(F)(F)F)C(=O)Nc1nc(C)c(Cc2ccc(C)cc2)s1. The normalized spacial score (nSPS) is 12.7. The van der Waals surface area contributed by atoms with Gasteiger partial charge in [-0.15, -0.1) is 11.3 Å². The van der Waals surface area contributed by atoms with Crippen molar-refractivity contribution in [1.82, 2.24) is 9.88 Å². The minimum atomic E-state index is -4.77. The molecule has 2 rings (SSSR count). The molecule has 9 heteroatoms. The third-order valence-corrected chi connectivity index (χ3v) is 5.10. The Morgan fingerprint density at radius 2 is 1.93 bits per heavy atom. The summed E-state index contributed by atoms with van der Waals surface area (Å²) >= 11 is 1.28. The Hall–Kier alpha value is -2.13. The zero-order valence-corrected chi connectivity index (χ0v) is 16.1. The highest BCUT2D eigenvalue weighted by molar-refractivity contribution is 7.15. The number of benzene rings is 1. The Labute approximate surface area is 159 Å². The van der Waals surface area contributed by atoms with Crippen LogP contribution in [0.5, 0.6) is 0 Å². The molecule has 27 heavy (non-hydrogen) atoms. The zero-order chi connectivity index (χ0) is 20.2. The van der Waals surface area contributed by atoms with Crippen LogP contribution >= 0.6 is 11.3 Å². The van der Waals surface area contributed by atoms with Crippen LogP contribution in [0.3, 0.4) is 0 Å². The molecule has 0 spiro atoms. The lowest BCUT2D eigenvalue weighted by Crippen LogP contribution is -2.45. The number of hydrogen-bond acceptors (Lipinski definition) is 4. The molecule has 0 aliphatic carbocycles. The summed E-state index contributed by atoms with van der Waals surface area (Å²) in [6.07, 6.45) is -6.70. The van der Waals surface area contributed by atoms with E-state index in [1.165, 1.54) is 11.3 Å². The van der Waals surface area contributed by atoms with E-state index in [-0.39, 0.29) is 6.54 Å². The minimum Gasteiger partial charge on any atom is -0.382 e. The summed E-state index contributed by atoms with van der Waals surface area (Å²) in [5.74, 6) is 0. The van der Waals surface area contributed by atoms with Gasteiger partial charge in [-0.2, -0.15) is 13.2 Å². The Balaban J connectivity index is 2.04. The number of aryl methyl sites for hydroxylation is 2. The van der Waals surface area contributed by atoms with Crippen molar-refractivity contribution in [2.75, 3.05) is 18.4 Å². The molecular formula is C18H22F3N3O2S. The van der Waals surface area contributed by atoms with Crippen LogP contribution in [0, 0.1) is 13.8 Å². The van der Waals surface area contributed by atoms with E-state index in [1.807, 2.05) is 38.1 Å². The fraction of sp³-hybridized carbons (Fsp3) is 0.444. The van der Waals surface area contributed by atoms with Crippen LogP contribution in [0.2, 0.25) is 0 Å². The van der Waals surface area contributed by atoms with E-state index in [9.17, 15) is 23.1 Å². The highest BCUT2D eigenvalue weighted by Gasteiger charge is 2.39. The summed E-state index contributed by atoms with van der Waals surface area (Å²) < 4.78 is 37.5. The minimum absolute atomic E-state index is 0.0273. The summed E-state index contributed by atoms with van der Waals surface area (Å²) in [5, 5.41) is 12.0. The van der Waals surface area contributed by atoms with Crippen molar-refractivity contribution in [3.05, 3.63) is 46.0 Å². The molecule has 1 aromatic carbocycles. The van der Waals surface area contributed by atoms with E-state index < -0.39 is 24.9 Å². The number of hydrogen-bond donors (Lipinski definition) is 2. The first-order valence-electron chi connectivity index (χ1n) is 8.42. The number of thiazole rings is 1. The van der Waals surface area contributed by atoms with E-state index in [2.05, 4.69) is 10.3 Å². The third kappa shape index (κ3) is 5.93. The molecule has 2 aromatic rings. The Kier molecular flexibility index (Phi) is 6.83. The molecule has 0 fully saturated rings. The van der Waals surface area contributed by atoms with E-state index >= 15 is 0 Å². The number of halogens is 3. The number of nitrogens with one attached hydrogen (secondary N) is 1. The van der Waals surface area contributed by atoms with Crippen LogP contribution in [0.4, 0.5) is 23.1 Å². The maximum absolute atomic E-state index is 12.5. The number of carbonyl (C=O) groups is 1. The fourth-order valence-electron chi connectivity index (χ4n) is 2.38. The van der Waals surface area contributed by atoms with Gasteiger partial charge in [0.25, 0.3) is 0 Å². The number of alkyl halides is 3. The van der Waals surface area contributed by atoms with Crippen LogP contribution in [-0.4, -0.2) is 46.4 Å². The molecule has 1 unspecified atom stereocenters. The molecule has 1 heterocycles. The van der Waals surface area contributed by atoms with Gasteiger partial charge in [-0.1, -0.05) is 29.8 Å². The van der Waals surface area contributed by atoms with E-state index in [4.69, 9.17) is 0 Å². The van der Waals surface area contributed by atoms with Crippen LogP contribution in [0.15, 0.2) is 24.3 Å².